The van der Waals surface area contributed by atoms with E-state index < -0.39 is 0 Å². The fourth-order valence-electron chi connectivity index (χ4n) is 1.33. The summed E-state index contributed by atoms with van der Waals surface area (Å²) in [5.41, 5.74) is 1.47. The molecule has 1 aromatic rings. The molecule has 2 rings (SSSR count). The van der Waals surface area contributed by atoms with Gasteiger partial charge in [0.25, 0.3) is 5.91 Å². The van der Waals surface area contributed by atoms with Crippen molar-refractivity contribution >= 4 is 28.9 Å². The van der Waals surface area contributed by atoms with Crippen LogP contribution in [-0.2, 0) is 4.79 Å². The first-order valence-corrected chi connectivity index (χ1v) is 4.24. The maximum absolute atomic E-state index is 11.3. The van der Waals surface area contributed by atoms with Crippen LogP contribution in [0, 0.1) is 0 Å². The van der Waals surface area contributed by atoms with Gasteiger partial charge in [-0.1, -0.05) is 17.7 Å². The Morgan fingerprint density at radius 3 is 3.00 bits per heavy atom. The highest BCUT2D eigenvalue weighted by atomic mass is 35.5. The van der Waals surface area contributed by atoms with Gasteiger partial charge in [-0.15, -0.1) is 0 Å². The maximum Gasteiger partial charge on any atom is 0.257 e. The second-order valence-corrected chi connectivity index (χ2v) is 3.07. The van der Waals surface area contributed by atoms with Crippen LogP contribution in [0.15, 0.2) is 18.2 Å². The second-order valence-electron chi connectivity index (χ2n) is 2.69. The molecule has 1 amide bonds. The SMILES string of the molecule is C/C=C1\C(=O)Nc2nc(Cl)ccc21. The van der Waals surface area contributed by atoms with E-state index >= 15 is 0 Å². The van der Waals surface area contributed by atoms with Crippen LogP contribution in [0.2, 0.25) is 5.15 Å². The molecule has 0 aliphatic carbocycles. The first-order chi connectivity index (χ1) is 6.22. The summed E-state index contributed by atoms with van der Waals surface area (Å²) in [7, 11) is 0. The van der Waals surface area contributed by atoms with Crippen molar-refractivity contribution in [1.82, 2.24) is 4.98 Å². The highest BCUT2D eigenvalue weighted by molar-refractivity contribution is 6.32. The van der Waals surface area contributed by atoms with Gasteiger partial charge in [-0.2, -0.15) is 0 Å². The van der Waals surface area contributed by atoms with Crippen LogP contribution in [0.25, 0.3) is 5.57 Å². The third-order valence-corrected chi connectivity index (χ3v) is 2.13. The van der Waals surface area contributed by atoms with Crippen LogP contribution >= 0.6 is 11.6 Å². The van der Waals surface area contributed by atoms with Gasteiger partial charge in [0.2, 0.25) is 0 Å². The molecule has 0 unspecified atom stereocenters. The lowest BCUT2D eigenvalue weighted by Gasteiger charge is -1.95. The standard InChI is InChI=1S/C9H7ClN2O/c1-2-5-6-3-4-7(10)11-8(6)12-9(5)13/h2-4H,1H3,(H,11,12,13)/b5-2-. The molecule has 0 atom stereocenters. The summed E-state index contributed by atoms with van der Waals surface area (Å²) in [5, 5.41) is 3.02. The molecule has 0 fully saturated rings. The summed E-state index contributed by atoms with van der Waals surface area (Å²) >= 11 is 5.68. The van der Waals surface area contributed by atoms with Crippen LogP contribution in [0.5, 0.6) is 0 Å². The van der Waals surface area contributed by atoms with E-state index in [1.807, 2.05) is 6.92 Å². The van der Waals surface area contributed by atoms with Crippen LogP contribution < -0.4 is 5.32 Å². The van der Waals surface area contributed by atoms with Crippen molar-refractivity contribution in [3.8, 4) is 0 Å². The number of hydrogen-bond donors (Lipinski definition) is 1. The number of hydrogen-bond acceptors (Lipinski definition) is 2. The predicted octanol–water partition coefficient (Wildman–Crippen LogP) is 2.09. The fraction of sp³-hybridized carbons (Fsp3) is 0.111. The largest absolute Gasteiger partial charge is 0.306 e. The third-order valence-electron chi connectivity index (χ3n) is 1.92. The summed E-state index contributed by atoms with van der Waals surface area (Å²) in [4.78, 5) is 15.3. The number of nitrogens with one attached hydrogen (secondary N) is 1. The van der Waals surface area contributed by atoms with Crippen molar-refractivity contribution in [2.45, 2.75) is 6.92 Å². The van der Waals surface area contributed by atoms with E-state index in [0.29, 0.717) is 16.5 Å². The molecule has 1 aromatic heterocycles. The van der Waals surface area contributed by atoms with Crippen LogP contribution in [0.1, 0.15) is 12.5 Å². The van der Waals surface area contributed by atoms with Crippen molar-refractivity contribution in [2.24, 2.45) is 0 Å². The molecule has 0 radical (unpaired) electrons. The molecule has 1 N–H and O–H groups in total. The molecule has 3 nitrogen and oxygen atoms in total. The number of rotatable bonds is 0. The molecule has 0 bridgehead atoms. The van der Waals surface area contributed by atoms with Crippen molar-refractivity contribution in [2.75, 3.05) is 5.32 Å². The average Bonchev–Trinajstić information content (AvgIpc) is 2.39. The molecule has 1 aliphatic heterocycles. The van der Waals surface area contributed by atoms with Gasteiger partial charge in [0.1, 0.15) is 11.0 Å². The fourth-order valence-corrected chi connectivity index (χ4v) is 1.48. The number of halogens is 1. The number of fused-ring (bicyclic) bond motifs is 1. The summed E-state index contributed by atoms with van der Waals surface area (Å²) in [6, 6.07) is 3.46. The smallest absolute Gasteiger partial charge is 0.257 e. The van der Waals surface area contributed by atoms with Gasteiger partial charge < -0.3 is 5.32 Å². The summed E-state index contributed by atoms with van der Waals surface area (Å²) < 4.78 is 0. The van der Waals surface area contributed by atoms with E-state index in [1.165, 1.54) is 0 Å². The van der Waals surface area contributed by atoms with Crippen molar-refractivity contribution in [1.29, 1.82) is 0 Å². The zero-order valence-corrected chi connectivity index (χ0v) is 7.72. The lowest BCUT2D eigenvalue weighted by atomic mass is 10.1. The topological polar surface area (TPSA) is 42.0 Å². The number of allylic oxidation sites excluding steroid dienone is 1. The molecule has 4 heteroatoms. The number of pyridine rings is 1. The first-order valence-electron chi connectivity index (χ1n) is 3.87. The van der Waals surface area contributed by atoms with E-state index in [1.54, 1.807) is 18.2 Å². The molecule has 0 spiro atoms. The lowest BCUT2D eigenvalue weighted by Crippen LogP contribution is -2.03. The van der Waals surface area contributed by atoms with Crippen LogP contribution in [0.3, 0.4) is 0 Å². The summed E-state index contributed by atoms with van der Waals surface area (Å²) in [6.45, 7) is 1.82. The normalized spacial score (nSPS) is 17.4. The van der Waals surface area contributed by atoms with Gasteiger partial charge in [0.05, 0.1) is 0 Å². The van der Waals surface area contributed by atoms with E-state index in [2.05, 4.69) is 10.3 Å². The Kier molecular flexibility index (Phi) is 1.81. The zero-order valence-electron chi connectivity index (χ0n) is 6.97. The maximum atomic E-state index is 11.3. The average molecular weight is 195 g/mol. The highest BCUT2D eigenvalue weighted by Crippen LogP contribution is 2.30. The third kappa shape index (κ3) is 1.21. The van der Waals surface area contributed by atoms with Gasteiger partial charge in [-0.3, -0.25) is 4.79 Å². The highest BCUT2D eigenvalue weighted by Gasteiger charge is 2.24. The lowest BCUT2D eigenvalue weighted by molar-refractivity contribution is -0.110. The minimum Gasteiger partial charge on any atom is -0.306 e. The molecule has 0 saturated carbocycles. The summed E-state index contributed by atoms with van der Waals surface area (Å²) in [5.74, 6) is 0.429. The molecule has 0 saturated heterocycles. The Morgan fingerprint density at radius 2 is 2.31 bits per heavy atom. The van der Waals surface area contributed by atoms with E-state index in [-0.39, 0.29) is 5.91 Å². The molecular formula is C9H7ClN2O. The van der Waals surface area contributed by atoms with Gasteiger partial charge in [0.15, 0.2) is 0 Å². The molecule has 0 aromatic carbocycles. The Hall–Kier alpha value is -1.35. The molecule has 2 heterocycles. The molecule has 1 aliphatic rings. The molecule has 66 valence electrons. The van der Waals surface area contributed by atoms with Crippen LogP contribution in [-0.4, -0.2) is 10.9 Å². The number of carbonyl (C=O) groups excluding carboxylic acids is 1. The monoisotopic (exact) mass is 194 g/mol. The Morgan fingerprint density at radius 1 is 1.54 bits per heavy atom. The molecule has 13 heavy (non-hydrogen) atoms. The Bertz CT molecular complexity index is 412. The van der Waals surface area contributed by atoms with Crippen molar-refractivity contribution < 1.29 is 4.79 Å². The number of aromatic nitrogens is 1. The minimum absolute atomic E-state index is 0.118. The Balaban J connectivity index is 2.61. The minimum atomic E-state index is -0.118. The zero-order chi connectivity index (χ0) is 9.42. The Labute approximate surface area is 80.4 Å². The van der Waals surface area contributed by atoms with Crippen molar-refractivity contribution in [3.63, 3.8) is 0 Å². The number of anilines is 1. The van der Waals surface area contributed by atoms with Gasteiger partial charge >= 0.3 is 0 Å². The molecular weight excluding hydrogens is 188 g/mol. The second kappa shape index (κ2) is 2.85. The van der Waals surface area contributed by atoms with E-state index in [9.17, 15) is 4.79 Å². The number of nitrogens with zero attached hydrogens (tertiary/aromatic N) is 1. The van der Waals surface area contributed by atoms with Gasteiger partial charge in [-0.25, -0.2) is 4.98 Å². The quantitative estimate of drug-likeness (QED) is 0.508. The summed E-state index contributed by atoms with van der Waals surface area (Å²) in [6.07, 6.45) is 1.76. The van der Waals surface area contributed by atoms with Crippen molar-refractivity contribution in [3.05, 3.63) is 28.9 Å². The number of amides is 1. The van der Waals surface area contributed by atoms with Crippen LogP contribution in [0.4, 0.5) is 5.82 Å². The van der Waals surface area contributed by atoms with Gasteiger partial charge in [-0.05, 0) is 19.1 Å². The van der Waals surface area contributed by atoms with E-state index in [4.69, 9.17) is 11.6 Å². The predicted molar refractivity (Wildman–Crippen MR) is 51.5 cm³/mol. The van der Waals surface area contributed by atoms with Gasteiger partial charge in [0, 0.05) is 11.1 Å². The first kappa shape index (κ1) is 8.26. The van der Waals surface area contributed by atoms with E-state index in [0.717, 1.165) is 5.56 Å². The number of carbonyl (C=O) groups is 1.